The lowest BCUT2D eigenvalue weighted by molar-refractivity contribution is 0.252. The number of ether oxygens (including phenoxy) is 1. The Morgan fingerprint density at radius 2 is 1.63 bits per heavy atom. The van der Waals surface area contributed by atoms with Crippen LogP contribution in [0.4, 0.5) is 10.5 Å². The van der Waals surface area contributed by atoms with Crippen molar-refractivity contribution in [2.45, 2.75) is 6.92 Å². The minimum Gasteiger partial charge on any atom is -0.457 e. The third kappa shape index (κ3) is 4.03. The van der Waals surface area contributed by atoms with Crippen LogP contribution < -0.4 is 15.4 Å². The lowest BCUT2D eigenvalue weighted by Gasteiger charge is -2.08. The number of carbonyl (C=O) groups excluding carboxylic acids is 1. The fourth-order valence-corrected chi connectivity index (χ4v) is 1.57. The van der Waals surface area contributed by atoms with E-state index in [2.05, 4.69) is 10.6 Å². The number of hydrogen-bond donors (Lipinski definition) is 2. The quantitative estimate of drug-likeness (QED) is 0.877. The molecular formula is C15H16N2O2. The van der Waals surface area contributed by atoms with E-state index in [1.165, 1.54) is 0 Å². The van der Waals surface area contributed by atoms with Gasteiger partial charge >= 0.3 is 6.03 Å². The second-order valence-corrected chi connectivity index (χ2v) is 3.92. The van der Waals surface area contributed by atoms with Gasteiger partial charge in [0.15, 0.2) is 0 Å². The number of carbonyl (C=O) groups is 1. The van der Waals surface area contributed by atoms with Gasteiger partial charge in [-0.3, -0.25) is 0 Å². The molecule has 0 aliphatic carbocycles. The summed E-state index contributed by atoms with van der Waals surface area (Å²) in [6.07, 6.45) is 0. The Labute approximate surface area is 112 Å². The molecule has 0 aliphatic rings. The highest BCUT2D eigenvalue weighted by atomic mass is 16.5. The van der Waals surface area contributed by atoms with Crippen molar-refractivity contribution in [2.75, 3.05) is 11.9 Å². The number of amides is 2. The van der Waals surface area contributed by atoms with Crippen molar-refractivity contribution in [3.8, 4) is 11.5 Å². The van der Waals surface area contributed by atoms with Crippen molar-refractivity contribution in [3.63, 3.8) is 0 Å². The molecule has 0 atom stereocenters. The van der Waals surface area contributed by atoms with Crippen molar-refractivity contribution >= 4 is 11.7 Å². The minimum absolute atomic E-state index is 0.209. The largest absolute Gasteiger partial charge is 0.457 e. The topological polar surface area (TPSA) is 50.4 Å². The van der Waals surface area contributed by atoms with Crippen molar-refractivity contribution in [1.82, 2.24) is 5.32 Å². The zero-order valence-electron chi connectivity index (χ0n) is 10.7. The molecular weight excluding hydrogens is 240 g/mol. The third-order valence-electron chi connectivity index (χ3n) is 2.43. The average Bonchev–Trinajstić information content (AvgIpc) is 2.42. The normalized spacial score (nSPS) is 9.74. The van der Waals surface area contributed by atoms with Crippen LogP contribution in [0.2, 0.25) is 0 Å². The molecule has 0 saturated heterocycles. The Balaban J connectivity index is 1.97. The average molecular weight is 256 g/mol. The van der Waals surface area contributed by atoms with Gasteiger partial charge < -0.3 is 15.4 Å². The first-order chi connectivity index (χ1) is 9.28. The van der Waals surface area contributed by atoms with Crippen LogP contribution in [-0.4, -0.2) is 12.6 Å². The van der Waals surface area contributed by atoms with Crippen LogP contribution in [0.25, 0.3) is 0 Å². The molecule has 0 aliphatic heterocycles. The molecule has 0 aromatic heterocycles. The van der Waals surface area contributed by atoms with Gasteiger partial charge in [0.25, 0.3) is 0 Å². The zero-order valence-corrected chi connectivity index (χ0v) is 10.7. The van der Waals surface area contributed by atoms with E-state index in [-0.39, 0.29) is 6.03 Å². The van der Waals surface area contributed by atoms with Gasteiger partial charge in [0.1, 0.15) is 11.5 Å². The highest BCUT2D eigenvalue weighted by Crippen LogP contribution is 2.22. The fourth-order valence-electron chi connectivity index (χ4n) is 1.57. The van der Waals surface area contributed by atoms with E-state index in [1.807, 2.05) is 49.4 Å². The molecule has 0 spiro atoms. The highest BCUT2D eigenvalue weighted by molar-refractivity contribution is 5.89. The Kier molecular flexibility index (Phi) is 4.39. The molecule has 0 unspecified atom stereocenters. The van der Waals surface area contributed by atoms with Crippen molar-refractivity contribution in [2.24, 2.45) is 0 Å². The number of urea groups is 1. The molecule has 0 bridgehead atoms. The summed E-state index contributed by atoms with van der Waals surface area (Å²) in [6.45, 7) is 2.47. The smallest absolute Gasteiger partial charge is 0.319 e. The van der Waals surface area contributed by atoms with E-state index in [4.69, 9.17) is 4.74 Å². The maximum absolute atomic E-state index is 11.3. The number of rotatable bonds is 4. The summed E-state index contributed by atoms with van der Waals surface area (Å²) in [7, 11) is 0. The predicted octanol–water partition coefficient (Wildman–Crippen LogP) is 3.62. The molecule has 19 heavy (non-hydrogen) atoms. The van der Waals surface area contributed by atoms with Gasteiger partial charge in [-0.2, -0.15) is 0 Å². The molecule has 4 nitrogen and oxygen atoms in total. The molecule has 2 rings (SSSR count). The van der Waals surface area contributed by atoms with Crippen LogP contribution in [0.5, 0.6) is 11.5 Å². The highest BCUT2D eigenvalue weighted by Gasteiger charge is 2.00. The standard InChI is InChI=1S/C15H16N2O2/c1-2-16-15(18)17-12-8-10-14(11-9-12)19-13-6-4-3-5-7-13/h3-11H,2H2,1H3,(H2,16,17,18). The van der Waals surface area contributed by atoms with Gasteiger partial charge in [0.05, 0.1) is 0 Å². The van der Waals surface area contributed by atoms with Crippen molar-refractivity contribution in [3.05, 3.63) is 54.6 Å². The number of nitrogens with one attached hydrogen (secondary N) is 2. The van der Waals surface area contributed by atoms with Crippen LogP contribution in [0.15, 0.2) is 54.6 Å². The van der Waals surface area contributed by atoms with Crippen LogP contribution in [0.3, 0.4) is 0 Å². The number of benzene rings is 2. The second kappa shape index (κ2) is 6.44. The Bertz CT molecular complexity index is 524. The second-order valence-electron chi connectivity index (χ2n) is 3.92. The fraction of sp³-hybridized carbons (Fsp3) is 0.133. The number of anilines is 1. The first-order valence-corrected chi connectivity index (χ1v) is 6.16. The summed E-state index contributed by atoms with van der Waals surface area (Å²) >= 11 is 0. The summed E-state index contributed by atoms with van der Waals surface area (Å²) in [5, 5.41) is 5.40. The van der Waals surface area contributed by atoms with Crippen molar-refractivity contribution in [1.29, 1.82) is 0 Å². The minimum atomic E-state index is -0.209. The molecule has 0 saturated carbocycles. The van der Waals surface area contributed by atoms with E-state index < -0.39 is 0 Å². The first-order valence-electron chi connectivity index (χ1n) is 6.16. The maximum Gasteiger partial charge on any atom is 0.319 e. The molecule has 0 heterocycles. The van der Waals surface area contributed by atoms with Gasteiger partial charge in [-0.25, -0.2) is 4.79 Å². The maximum atomic E-state index is 11.3. The van der Waals surface area contributed by atoms with Crippen LogP contribution in [0, 0.1) is 0 Å². The molecule has 0 radical (unpaired) electrons. The van der Waals surface area contributed by atoms with E-state index >= 15 is 0 Å². The Hall–Kier alpha value is -2.49. The van der Waals surface area contributed by atoms with E-state index in [0.29, 0.717) is 6.54 Å². The predicted molar refractivity (Wildman–Crippen MR) is 75.7 cm³/mol. The van der Waals surface area contributed by atoms with Crippen LogP contribution in [-0.2, 0) is 0 Å². The van der Waals surface area contributed by atoms with Gasteiger partial charge in [-0.15, -0.1) is 0 Å². The summed E-state index contributed by atoms with van der Waals surface area (Å²) < 4.78 is 5.66. The molecule has 98 valence electrons. The SMILES string of the molecule is CCNC(=O)Nc1ccc(Oc2ccccc2)cc1. The van der Waals surface area contributed by atoms with Gasteiger partial charge in [0, 0.05) is 12.2 Å². The molecule has 2 N–H and O–H groups in total. The van der Waals surface area contributed by atoms with E-state index in [0.717, 1.165) is 17.2 Å². The summed E-state index contributed by atoms with van der Waals surface area (Å²) in [4.78, 5) is 11.3. The lowest BCUT2D eigenvalue weighted by atomic mass is 10.3. The monoisotopic (exact) mass is 256 g/mol. The van der Waals surface area contributed by atoms with Crippen molar-refractivity contribution < 1.29 is 9.53 Å². The lowest BCUT2D eigenvalue weighted by Crippen LogP contribution is -2.28. The van der Waals surface area contributed by atoms with Gasteiger partial charge in [0.2, 0.25) is 0 Å². The molecule has 4 heteroatoms. The first kappa shape index (κ1) is 13.0. The van der Waals surface area contributed by atoms with E-state index in [9.17, 15) is 4.79 Å². The van der Waals surface area contributed by atoms with Gasteiger partial charge in [-0.1, -0.05) is 18.2 Å². The van der Waals surface area contributed by atoms with Gasteiger partial charge in [-0.05, 0) is 43.3 Å². The molecule has 2 aromatic rings. The summed E-state index contributed by atoms with van der Waals surface area (Å²) in [5.74, 6) is 1.51. The molecule has 0 fully saturated rings. The summed E-state index contributed by atoms with van der Waals surface area (Å²) in [6, 6.07) is 16.6. The summed E-state index contributed by atoms with van der Waals surface area (Å²) in [5.41, 5.74) is 0.728. The van der Waals surface area contributed by atoms with Crippen LogP contribution >= 0.6 is 0 Å². The third-order valence-corrected chi connectivity index (χ3v) is 2.43. The number of para-hydroxylation sites is 1. The van der Waals surface area contributed by atoms with E-state index in [1.54, 1.807) is 12.1 Å². The zero-order chi connectivity index (χ0) is 13.5. The molecule has 2 amide bonds. The Morgan fingerprint density at radius 1 is 1.00 bits per heavy atom. The Morgan fingerprint density at radius 3 is 2.26 bits per heavy atom. The molecule has 2 aromatic carbocycles. The number of hydrogen-bond acceptors (Lipinski definition) is 2. The van der Waals surface area contributed by atoms with Crippen LogP contribution in [0.1, 0.15) is 6.92 Å².